The monoisotopic (exact) mass is 241 g/mol. The maximum atomic E-state index is 11.3. The Morgan fingerprint density at radius 1 is 1.23 bits per heavy atom. The first kappa shape index (κ1) is 9.92. The Labute approximate surface area is 84.1 Å². The lowest BCUT2D eigenvalue weighted by Gasteiger charge is -1.97. The van der Waals surface area contributed by atoms with Crippen LogP contribution in [0.3, 0.4) is 0 Å². The second-order valence-electron chi connectivity index (χ2n) is 2.57. The molecule has 13 heavy (non-hydrogen) atoms. The van der Waals surface area contributed by atoms with E-state index in [0.29, 0.717) is 5.56 Å². The average molecular weight is 242 g/mol. The first-order valence-corrected chi connectivity index (χ1v) is 4.46. The Morgan fingerprint density at radius 3 is 2.23 bits per heavy atom. The smallest absolute Gasteiger partial charge is 0.225 e. The van der Waals surface area contributed by atoms with Crippen LogP contribution >= 0.6 is 15.9 Å². The summed E-state index contributed by atoms with van der Waals surface area (Å²) in [6.07, 6.45) is -0.234. The molecule has 0 saturated carbocycles. The highest BCUT2D eigenvalue weighted by Gasteiger charge is 2.08. The van der Waals surface area contributed by atoms with Crippen LogP contribution < -0.4 is 5.73 Å². The molecule has 1 rings (SSSR count). The number of benzene rings is 1. The van der Waals surface area contributed by atoms with Gasteiger partial charge in [0.05, 0.1) is 6.42 Å². The maximum absolute atomic E-state index is 11.3. The van der Waals surface area contributed by atoms with E-state index in [2.05, 4.69) is 15.9 Å². The molecule has 1 aromatic rings. The van der Waals surface area contributed by atoms with Crippen LogP contribution in [-0.4, -0.2) is 11.7 Å². The van der Waals surface area contributed by atoms with Crippen molar-refractivity contribution in [2.75, 3.05) is 0 Å². The van der Waals surface area contributed by atoms with Gasteiger partial charge in [-0.2, -0.15) is 0 Å². The molecule has 0 unspecified atom stereocenters. The fourth-order valence-electron chi connectivity index (χ4n) is 0.896. The highest BCUT2D eigenvalue weighted by atomic mass is 79.9. The predicted octanol–water partition coefficient (Wildman–Crippen LogP) is 1.51. The molecule has 2 N–H and O–H groups in total. The molecular weight excluding hydrogens is 234 g/mol. The van der Waals surface area contributed by atoms with Crippen molar-refractivity contribution in [2.45, 2.75) is 6.42 Å². The third kappa shape index (κ3) is 2.99. The minimum absolute atomic E-state index is 0.234. The molecule has 1 amide bonds. The Bertz CT molecular complexity index is 332. The SMILES string of the molecule is NC(=O)CC(=O)c1ccc(Br)cc1. The van der Waals surface area contributed by atoms with Gasteiger partial charge in [-0.3, -0.25) is 9.59 Å². The van der Waals surface area contributed by atoms with E-state index in [-0.39, 0.29) is 12.2 Å². The first-order chi connectivity index (χ1) is 6.09. The first-order valence-electron chi connectivity index (χ1n) is 3.66. The number of Topliss-reactive ketones (excluding diaryl/α,β-unsaturated/α-hetero) is 1. The van der Waals surface area contributed by atoms with Gasteiger partial charge < -0.3 is 5.73 Å². The largest absolute Gasteiger partial charge is 0.369 e. The highest BCUT2D eigenvalue weighted by molar-refractivity contribution is 9.10. The molecule has 0 aromatic heterocycles. The van der Waals surface area contributed by atoms with Crippen molar-refractivity contribution in [3.05, 3.63) is 34.3 Å². The van der Waals surface area contributed by atoms with Crippen molar-refractivity contribution in [1.29, 1.82) is 0 Å². The summed E-state index contributed by atoms with van der Waals surface area (Å²) in [7, 11) is 0. The second kappa shape index (κ2) is 4.18. The van der Waals surface area contributed by atoms with Gasteiger partial charge in [-0.25, -0.2) is 0 Å². The minimum Gasteiger partial charge on any atom is -0.369 e. The molecule has 0 spiro atoms. The Balaban J connectivity index is 2.78. The van der Waals surface area contributed by atoms with Gasteiger partial charge in [-0.1, -0.05) is 28.1 Å². The van der Waals surface area contributed by atoms with Crippen molar-refractivity contribution in [2.24, 2.45) is 5.73 Å². The summed E-state index contributed by atoms with van der Waals surface area (Å²) in [5.74, 6) is -0.854. The normalized spacial score (nSPS) is 9.62. The van der Waals surface area contributed by atoms with Crippen LogP contribution in [0.5, 0.6) is 0 Å². The van der Waals surface area contributed by atoms with Crippen molar-refractivity contribution < 1.29 is 9.59 Å². The summed E-state index contributed by atoms with van der Waals surface area (Å²) >= 11 is 3.24. The molecule has 0 radical (unpaired) electrons. The summed E-state index contributed by atoms with van der Waals surface area (Å²) in [5.41, 5.74) is 5.39. The van der Waals surface area contributed by atoms with Gasteiger partial charge in [0, 0.05) is 10.0 Å². The zero-order chi connectivity index (χ0) is 9.84. The molecule has 0 bridgehead atoms. The zero-order valence-electron chi connectivity index (χ0n) is 6.79. The van der Waals surface area contributed by atoms with E-state index in [1.807, 2.05) is 0 Å². The topological polar surface area (TPSA) is 60.2 Å². The molecule has 0 aliphatic rings. The molecular formula is C9H8BrNO2. The lowest BCUT2D eigenvalue weighted by Crippen LogP contribution is -2.16. The lowest BCUT2D eigenvalue weighted by atomic mass is 10.1. The summed E-state index contributed by atoms with van der Waals surface area (Å²) in [6.45, 7) is 0. The summed E-state index contributed by atoms with van der Waals surface area (Å²) < 4.78 is 0.892. The van der Waals surface area contributed by atoms with Crippen LogP contribution in [0, 0.1) is 0 Å². The summed E-state index contributed by atoms with van der Waals surface area (Å²) in [4.78, 5) is 21.7. The van der Waals surface area contributed by atoms with Crippen molar-refractivity contribution in [3.8, 4) is 0 Å². The van der Waals surface area contributed by atoms with E-state index in [4.69, 9.17) is 5.73 Å². The number of rotatable bonds is 3. The molecule has 3 nitrogen and oxygen atoms in total. The lowest BCUT2D eigenvalue weighted by molar-refractivity contribution is -0.117. The third-order valence-electron chi connectivity index (χ3n) is 1.50. The van der Waals surface area contributed by atoms with E-state index < -0.39 is 5.91 Å². The van der Waals surface area contributed by atoms with Crippen LogP contribution in [0.4, 0.5) is 0 Å². The van der Waals surface area contributed by atoms with Gasteiger partial charge in [0.2, 0.25) is 5.91 Å². The molecule has 4 heteroatoms. The van der Waals surface area contributed by atoms with Crippen LogP contribution in [-0.2, 0) is 4.79 Å². The average Bonchev–Trinajstić information content (AvgIpc) is 2.04. The molecule has 0 aliphatic carbocycles. The van der Waals surface area contributed by atoms with Crippen LogP contribution in [0.15, 0.2) is 28.7 Å². The summed E-state index contributed by atoms with van der Waals surface area (Å²) in [6, 6.07) is 6.78. The van der Waals surface area contributed by atoms with E-state index >= 15 is 0 Å². The van der Waals surface area contributed by atoms with Crippen LogP contribution in [0.1, 0.15) is 16.8 Å². The number of ketones is 1. The number of nitrogens with two attached hydrogens (primary N) is 1. The van der Waals surface area contributed by atoms with Gasteiger partial charge in [0.15, 0.2) is 5.78 Å². The maximum Gasteiger partial charge on any atom is 0.225 e. The quantitative estimate of drug-likeness (QED) is 0.645. The predicted molar refractivity (Wildman–Crippen MR) is 52.3 cm³/mol. The van der Waals surface area contributed by atoms with E-state index in [1.165, 1.54) is 0 Å². The molecule has 0 atom stereocenters. The summed E-state index contributed by atoms with van der Waals surface area (Å²) in [5, 5.41) is 0. The minimum atomic E-state index is -0.604. The van der Waals surface area contributed by atoms with Gasteiger partial charge >= 0.3 is 0 Å². The van der Waals surface area contributed by atoms with E-state index in [1.54, 1.807) is 24.3 Å². The molecule has 0 aliphatic heterocycles. The highest BCUT2D eigenvalue weighted by Crippen LogP contribution is 2.11. The Kier molecular flexibility index (Phi) is 3.19. The number of carbonyl (C=O) groups excluding carboxylic acids is 2. The number of carbonyl (C=O) groups is 2. The molecule has 0 saturated heterocycles. The fraction of sp³-hybridized carbons (Fsp3) is 0.111. The Hall–Kier alpha value is -1.16. The van der Waals surface area contributed by atoms with Crippen molar-refractivity contribution in [3.63, 3.8) is 0 Å². The molecule has 1 aromatic carbocycles. The van der Waals surface area contributed by atoms with Crippen molar-refractivity contribution in [1.82, 2.24) is 0 Å². The Morgan fingerprint density at radius 2 is 1.77 bits per heavy atom. The number of primary amides is 1. The van der Waals surface area contributed by atoms with Gasteiger partial charge in [0.25, 0.3) is 0 Å². The van der Waals surface area contributed by atoms with Crippen LogP contribution in [0.25, 0.3) is 0 Å². The second-order valence-corrected chi connectivity index (χ2v) is 3.49. The van der Waals surface area contributed by atoms with E-state index in [9.17, 15) is 9.59 Å². The van der Waals surface area contributed by atoms with Crippen molar-refractivity contribution >= 4 is 27.6 Å². The number of hydrogen-bond donors (Lipinski definition) is 1. The van der Waals surface area contributed by atoms with Gasteiger partial charge in [0.1, 0.15) is 0 Å². The zero-order valence-corrected chi connectivity index (χ0v) is 8.37. The molecule has 0 fully saturated rings. The molecule has 0 heterocycles. The van der Waals surface area contributed by atoms with Gasteiger partial charge in [-0.15, -0.1) is 0 Å². The number of hydrogen-bond acceptors (Lipinski definition) is 2. The standard InChI is InChI=1S/C9H8BrNO2/c10-7-3-1-6(2-4-7)8(12)5-9(11)13/h1-4H,5H2,(H2,11,13). The number of amides is 1. The fourth-order valence-corrected chi connectivity index (χ4v) is 1.16. The third-order valence-corrected chi connectivity index (χ3v) is 2.03. The van der Waals surface area contributed by atoms with Crippen LogP contribution in [0.2, 0.25) is 0 Å². The molecule has 68 valence electrons. The number of halogens is 1. The van der Waals surface area contributed by atoms with E-state index in [0.717, 1.165) is 4.47 Å². The van der Waals surface area contributed by atoms with Gasteiger partial charge in [-0.05, 0) is 12.1 Å².